The maximum Gasteiger partial charge on any atom is 0.176 e. The van der Waals surface area contributed by atoms with E-state index in [1.165, 1.54) is 11.0 Å². The van der Waals surface area contributed by atoms with Crippen molar-refractivity contribution in [3.8, 4) is 5.82 Å². The molecule has 2 aromatic rings. The number of aromatic nitrogens is 5. The van der Waals surface area contributed by atoms with Gasteiger partial charge in [-0.25, -0.2) is 4.98 Å². The van der Waals surface area contributed by atoms with E-state index in [2.05, 4.69) is 20.4 Å². The van der Waals surface area contributed by atoms with E-state index in [-0.39, 0.29) is 0 Å². The van der Waals surface area contributed by atoms with Gasteiger partial charge in [0, 0.05) is 11.8 Å². The second kappa shape index (κ2) is 3.33. The van der Waals surface area contributed by atoms with Gasteiger partial charge in [0.25, 0.3) is 0 Å². The third-order valence-corrected chi connectivity index (χ3v) is 1.63. The highest BCUT2D eigenvalue weighted by Crippen LogP contribution is 2.00. The first-order valence-corrected chi connectivity index (χ1v) is 3.98. The Kier molecular flexibility index (Phi) is 2.02. The number of pyridine rings is 1. The molecular weight excluding hydrogens is 182 g/mol. The second-order valence-electron chi connectivity index (χ2n) is 2.69. The molecule has 0 aliphatic carbocycles. The molecule has 2 aromatic heterocycles. The number of carbonyl (C=O) groups excluding carboxylic acids is 1. The average Bonchev–Trinajstić information content (AvgIpc) is 2.65. The third-order valence-electron chi connectivity index (χ3n) is 1.63. The summed E-state index contributed by atoms with van der Waals surface area (Å²) >= 11 is 0. The Morgan fingerprint density at radius 2 is 2.29 bits per heavy atom. The number of aryl methyl sites for hydroxylation is 1. The van der Waals surface area contributed by atoms with Gasteiger partial charge in [0.1, 0.15) is 0 Å². The molecule has 0 spiro atoms. The lowest BCUT2D eigenvalue weighted by atomic mass is 10.3. The van der Waals surface area contributed by atoms with Gasteiger partial charge in [-0.3, -0.25) is 4.79 Å². The summed E-state index contributed by atoms with van der Waals surface area (Å²) in [6, 6.07) is 3.30. The number of hydrogen-bond acceptors (Lipinski definition) is 5. The SMILES string of the molecule is Cc1nnn(-c2ccc(C=O)cn2)n1. The highest BCUT2D eigenvalue weighted by atomic mass is 16.1. The van der Waals surface area contributed by atoms with Gasteiger partial charge in [-0.15, -0.1) is 15.0 Å². The van der Waals surface area contributed by atoms with Crippen LogP contribution in [0.2, 0.25) is 0 Å². The molecule has 0 saturated heterocycles. The Morgan fingerprint density at radius 1 is 1.43 bits per heavy atom. The predicted molar refractivity (Wildman–Crippen MR) is 47.1 cm³/mol. The van der Waals surface area contributed by atoms with Crippen LogP contribution in [-0.2, 0) is 0 Å². The van der Waals surface area contributed by atoms with Crippen LogP contribution in [0.25, 0.3) is 5.82 Å². The van der Waals surface area contributed by atoms with Gasteiger partial charge in [-0.2, -0.15) is 0 Å². The fourth-order valence-corrected chi connectivity index (χ4v) is 0.967. The van der Waals surface area contributed by atoms with E-state index in [0.717, 1.165) is 6.29 Å². The fourth-order valence-electron chi connectivity index (χ4n) is 0.967. The van der Waals surface area contributed by atoms with Crippen molar-refractivity contribution in [2.45, 2.75) is 6.92 Å². The fraction of sp³-hybridized carbons (Fsp3) is 0.125. The summed E-state index contributed by atoms with van der Waals surface area (Å²) in [5.74, 6) is 1.11. The summed E-state index contributed by atoms with van der Waals surface area (Å²) in [5, 5.41) is 11.5. The molecule has 0 N–H and O–H groups in total. The third kappa shape index (κ3) is 1.49. The Bertz CT molecular complexity index is 447. The van der Waals surface area contributed by atoms with E-state index in [9.17, 15) is 4.79 Å². The molecule has 0 unspecified atom stereocenters. The molecule has 14 heavy (non-hydrogen) atoms. The van der Waals surface area contributed by atoms with Crippen LogP contribution in [0.15, 0.2) is 18.3 Å². The summed E-state index contributed by atoms with van der Waals surface area (Å²) in [4.78, 5) is 15.7. The zero-order valence-corrected chi connectivity index (χ0v) is 7.45. The molecule has 0 bridgehead atoms. The summed E-state index contributed by atoms with van der Waals surface area (Å²) in [6.07, 6.45) is 2.19. The van der Waals surface area contributed by atoms with Crippen LogP contribution in [0, 0.1) is 6.92 Å². The van der Waals surface area contributed by atoms with E-state index in [4.69, 9.17) is 0 Å². The molecule has 0 aromatic carbocycles. The van der Waals surface area contributed by atoms with E-state index >= 15 is 0 Å². The van der Waals surface area contributed by atoms with Crippen LogP contribution in [0.5, 0.6) is 0 Å². The average molecular weight is 189 g/mol. The van der Waals surface area contributed by atoms with Gasteiger partial charge in [0.15, 0.2) is 17.9 Å². The molecule has 0 amide bonds. The molecule has 6 heteroatoms. The van der Waals surface area contributed by atoms with Crippen LogP contribution in [-0.4, -0.2) is 31.5 Å². The number of carbonyl (C=O) groups is 1. The number of tetrazole rings is 1. The predicted octanol–water partition coefficient (Wildman–Crippen LogP) is 0.178. The zero-order valence-electron chi connectivity index (χ0n) is 7.45. The largest absolute Gasteiger partial charge is 0.298 e. The normalized spacial score (nSPS) is 10.1. The molecular formula is C8H7N5O. The lowest BCUT2D eigenvalue weighted by Crippen LogP contribution is -2.02. The Hall–Kier alpha value is -2.11. The highest BCUT2D eigenvalue weighted by molar-refractivity contribution is 5.74. The molecule has 0 aliphatic heterocycles. The Balaban J connectivity index is 2.38. The van der Waals surface area contributed by atoms with Crippen molar-refractivity contribution in [1.29, 1.82) is 0 Å². The number of rotatable bonds is 2. The standard InChI is InChI=1S/C8H7N5O/c1-6-10-12-13(11-6)8-3-2-7(5-14)4-9-8/h2-5H,1H3. The molecule has 70 valence electrons. The molecule has 2 rings (SSSR count). The molecule has 6 nitrogen and oxygen atoms in total. The van der Waals surface area contributed by atoms with Crippen LogP contribution in [0.4, 0.5) is 0 Å². The van der Waals surface area contributed by atoms with Gasteiger partial charge in [-0.05, 0) is 24.3 Å². The molecule has 0 radical (unpaired) electrons. The second-order valence-corrected chi connectivity index (χ2v) is 2.69. The summed E-state index contributed by atoms with van der Waals surface area (Å²) in [5.41, 5.74) is 0.519. The summed E-state index contributed by atoms with van der Waals surface area (Å²) in [6.45, 7) is 1.74. The Labute approximate surface area is 79.6 Å². The van der Waals surface area contributed by atoms with Crippen molar-refractivity contribution in [2.24, 2.45) is 0 Å². The van der Waals surface area contributed by atoms with Crippen molar-refractivity contribution in [2.75, 3.05) is 0 Å². The van der Waals surface area contributed by atoms with E-state index in [0.29, 0.717) is 17.2 Å². The monoisotopic (exact) mass is 189 g/mol. The summed E-state index contributed by atoms with van der Waals surface area (Å²) < 4.78 is 0. The maximum absolute atomic E-state index is 10.4. The summed E-state index contributed by atoms with van der Waals surface area (Å²) in [7, 11) is 0. The van der Waals surface area contributed by atoms with E-state index < -0.39 is 0 Å². The maximum atomic E-state index is 10.4. The molecule has 2 heterocycles. The van der Waals surface area contributed by atoms with Crippen molar-refractivity contribution in [3.63, 3.8) is 0 Å². The van der Waals surface area contributed by atoms with Crippen LogP contribution < -0.4 is 0 Å². The van der Waals surface area contributed by atoms with Crippen LogP contribution >= 0.6 is 0 Å². The minimum atomic E-state index is 0.519. The molecule has 0 atom stereocenters. The van der Waals surface area contributed by atoms with Gasteiger partial charge in [0.2, 0.25) is 0 Å². The van der Waals surface area contributed by atoms with Crippen molar-refractivity contribution in [1.82, 2.24) is 25.2 Å². The van der Waals surface area contributed by atoms with Crippen molar-refractivity contribution in [3.05, 3.63) is 29.7 Å². The molecule has 0 saturated carbocycles. The number of aldehydes is 1. The number of hydrogen-bond donors (Lipinski definition) is 0. The first-order chi connectivity index (χ1) is 6.79. The van der Waals surface area contributed by atoms with Crippen molar-refractivity contribution < 1.29 is 4.79 Å². The van der Waals surface area contributed by atoms with Crippen molar-refractivity contribution >= 4 is 6.29 Å². The Morgan fingerprint density at radius 3 is 2.79 bits per heavy atom. The minimum Gasteiger partial charge on any atom is -0.298 e. The zero-order chi connectivity index (χ0) is 9.97. The number of nitrogens with zero attached hydrogens (tertiary/aromatic N) is 5. The van der Waals surface area contributed by atoms with Crippen LogP contribution in [0.1, 0.15) is 16.2 Å². The van der Waals surface area contributed by atoms with Gasteiger partial charge in [-0.1, -0.05) is 0 Å². The lowest BCUT2D eigenvalue weighted by Gasteiger charge is -1.95. The quantitative estimate of drug-likeness (QED) is 0.630. The minimum absolute atomic E-state index is 0.519. The van der Waals surface area contributed by atoms with E-state index in [1.807, 2.05) is 0 Å². The topological polar surface area (TPSA) is 73.6 Å². The lowest BCUT2D eigenvalue weighted by molar-refractivity contribution is 0.112. The van der Waals surface area contributed by atoms with Crippen LogP contribution in [0.3, 0.4) is 0 Å². The first kappa shape index (κ1) is 8.49. The molecule has 0 aliphatic rings. The van der Waals surface area contributed by atoms with E-state index in [1.54, 1.807) is 19.1 Å². The molecule has 0 fully saturated rings. The van der Waals surface area contributed by atoms with Gasteiger partial charge in [0.05, 0.1) is 0 Å². The van der Waals surface area contributed by atoms with Gasteiger partial charge < -0.3 is 0 Å². The first-order valence-electron chi connectivity index (χ1n) is 3.98. The highest BCUT2D eigenvalue weighted by Gasteiger charge is 2.01. The van der Waals surface area contributed by atoms with Gasteiger partial charge >= 0.3 is 0 Å². The smallest absolute Gasteiger partial charge is 0.176 e.